The van der Waals surface area contributed by atoms with Crippen molar-refractivity contribution >= 4 is 44.3 Å². The molecule has 2 aromatic rings. The monoisotopic (exact) mass is 322 g/mol. The molecule has 2 aromatic heterocycles. The summed E-state index contributed by atoms with van der Waals surface area (Å²) in [4.78, 5) is 4.92. The molecule has 2 heterocycles. The highest BCUT2D eigenvalue weighted by atomic mass is 35.5. The van der Waals surface area contributed by atoms with E-state index in [1.807, 2.05) is 5.38 Å². The van der Waals surface area contributed by atoms with Gasteiger partial charge in [0.05, 0.1) is 23.6 Å². The van der Waals surface area contributed by atoms with Crippen LogP contribution in [0.15, 0.2) is 27.2 Å². The van der Waals surface area contributed by atoms with Crippen LogP contribution in [0, 0.1) is 0 Å². The minimum atomic E-state index is -3.45. The third kappa shape index (κ3) is 2.92. The van der Waals surface area contributed by atoms with Crippen LogP contribution in [0.4, 0.5) is 0 Å². The molecular weight excluding hydrogens is 312 g/mol. The van der Waals surface area contributed by atoms with Gasteiger partial charge in [0, 0.05) is 17.3 Å². The van der Waals surface area contributed by atoms with Gasteiger partial charge in [-0.25, -0.2) is 13.4 Å². The topological polar surface area (TPSA) is 50.3 Å². The van der Waals surface area contributed by atoms with Crippen molar-refractivity contribution in [3.05, 3.63) is 33.6 Å². The van der Waals surface area contributed by atoms with Crippen LogP contribution >= 0.6 is 34.3 Å². The number of rotatable bonds is 5. The number of hydrogen-bond acceptors (Lipinski definition) is 5. The van der Waals surface area contributed by atoms with Crippen LogP contribution in [0.5, 0.6) is 0 Å². The Morgan fingerprint density at radius 3 is 2.78 bits per heavy atom. The van der Waals surface area contributed by atoms with Crippen LogP contribution in [0.2, 0.25) is 0 Å². The number of hydrogen-bond donors (Lipinski definition) is 0. The van der Waals surface area contributed by atoms with Crippen LogP contribution < -0.4 is 0 Å². The van der Waals surface area contributed by atoms with Gasteiger partial charge in [-0.15, -0.1) is 34.3 Å². The van der Waals surface area contributed by atoms with E-state index in [0.29, 0.717) is 10.1 Å². The summed E-state index contributed by atoms with van der Waals surface area (Å²) in [6.07, 6.45) is 0. The number of thiophene rings is 1. The average Bonchev–Trinajstić information content (AvgIpc) is 2.99. The first-order valence-corrected chi connectivity index (χ1v) is 8.75. The summed E-state index contributed by atoms with van der Waals surface area (Å²) in [7, 11) is -1.90. The summed E-state index contributed by atoms with van der Waals surface area (Å²) in [5.41, 5.74) is 2.44. The predicted octanol–water partition coefficient (Wildman–Crippen LogP) is 2.76. The minimum absolute atomic E-state index is 0.278. The van der Waals surface area contributed by atoms with Crippen LogP contribution in [0.25, 0.3) is 0 Å². The van der Waals surface area contributed by atoms with Crippen LogP contribution in [-0.4, -0.2) is 24.8 Å². The Morgan fingerprint density at radius 2 is 2.22 bits per heavy atom. The standard InChI is InChI=1S/C10H11ClN2O2S3/c1-13(5-8-6-16-7-12-8)18(14,15)10-3-2-9(4-11)17-10/h2-3,6-7H,4-5H2,1H3. The van der Waals surface area contributed by atoms with Gasteiger partial charge in [-0.1, -0.05) is 0 Å². The van der Waals surface area contributed by atoms with E-state index in [1.165, 1.54) is 27.0 Å². The van der Waals surface area contributed by atoms with Crippen molar-refractivity contribution in [2.24, 2.45) is 0 Å². The van der Waals surface area contributed by atoms with Crippen molar-refractivity contribution in [2.45, 2.75) is 16.6 Å². The Balaban J connectivity index is 2.19. The van der Waals surface area contributed by atoms with E-state index in [-0.39, 0.29) is 6.54 Å². The number of aromatic nitrogens is 1. The third-order valence-electron chi connectivity index (χ3n) is 2.30. The molecule has 18 heavy (non-hydrogen) atoms. The number of thiazole rings is 1. The van der Waals surface area contributed by atoms with E-state index < -0.39 is 10.0 Å². The molecule has 98 valence electrons. The van der Waals surface area contributed by atoms with Gasteiger partial charge in [-0.3, -0.25) is 0 Å². The second-order valence-electron chi connectivity index (χ2n) is 3.60. The number of alkyl halides is 1. The summed E-state index contributed by atoms with van der Waals surface area (Å²) in [5, 5.41) is 1.84. The van der Waals surface area contributed by atoms with E-state index in [0.717, 1.165) is 10.6 Å². The van der Waals surface area contributed by atoms with Crippen LogP contribution in [0.1, 0.15) is 10.6 Å². The summed E-state index contributed by atoms with van der Waals surface area (Å²) in [5.74, 6) is 0.329. The molecule has 0 unspecified atom stereocenters. The van der Waals surface area contributed by atoms with E-state index in [4.69, 9.17) is 11.6 Å². The predicted molar refractivity (Wildman–Crippen MR) is 74.6 cm³/mol. The Hall–Kier alpha value is -0.470. The Morgan fingerprint density at radius 1 is 1.44 bits per heavy atom. The molecular formula is C10H11ClN2O2S3. The van der Waals surface area contributed by atoms with Crippen molar-refractivity contribution in [3.63, 3.8) is 0 Å². The largest absolute Gasteiger partial charge is 0.252 e. The maximum absolute atomic E-state index is 12.3. The molecule has 0 atom stereocenters. The van der Waals surface area contributed by atoms with Crippen LogP contribution in [0.3, 0.4) is 0 Å². The molecule has 0 spiro atoms. The summed E-state index contributed by atoms with van der Waals surface area (Å²) >= 11 is 8.33. The van der Waals surface area contributed by atoms with Crippen molar-refractivity contribution in [2.75, 3.05) is 7.05 Å². The maximum atomic E-state index is 12.3. The van der Waals surface area contributed by atoms with Crippen molar-refractivity contribution in [3.8, 4) is 0 Å². The fraction of sp³-hybridized carbons (Fsp3) is 0.300. The molecule has 2 rings (SSSR count). The summed E-state index contributed by atoms with van der Waals surface area (Å²) in [6.45, 7) is 0.278. The van der Waals surface area contributed by atoms with Gasteiger partial charge >= 0.3 is 0 Å². The number of halogens is 1. The first-order chi connectivity index (χ1) is 8.54. The number of sulfonamides is 1. The van der Waals surface area contributed by atoms with Gasteiger partial charge in [0.15, 0.2) is 0 Å². The zero-order valence-corrected chi connectivity index (χ0v) is 12.7. The first-order valence-electron chi connectivity index (χ1n) is 5.02. The molecule has 8 heteroatoms. The number of nitrogens with zero attached hydrogens (tertiary/aromatic N) is 2. The molecule has 0 aliphatic rings. The van der Waals surface area contributed by atoms with Gasteiger partial charge in [-0.05, 0) is 12.1 Å². The fourth-order valence-corrected chi connectivity index (χ4v) is 4.71. The molecule has 0 fully saturated rings. The highest BCUT2D eigenvalue weighted by molar-refractivity contribution is 7.91. The summed E-state index contributed by atoms with van der Waals surface area (Å²) in [6, 6.07) is 3.33. The Kier molecular flexibility index (Phi) is 4.39. The lowest BCUT2D eigenvalue weighted by atomic mass is 10.5. The van der Waals surface area contributed by atoms with E-state index in [9.17, 15) is 8.42 Å². The van der Waals surface area contributed by atoms with Gasteiger partial charge in [-0.2, -0.15) is 4.31 Å². The SMILES string of the molecule is CN(Cc1cscn1)S(=O)(=O)c1ccc(CCl)s1. The van der Waals surface area contributed by atoms with Crippen LogP contribution in [-0.2, 0) is 22.4 Å². The van der Waals surface area contributed by atoms with Crippen molar-refractivity contribution < 1.29 is 8.42 Å². The lowest BCUT2D eigenvalue weighted by molar-refractivity contribution is 0.464. The van der Waals surface area contributed by atoms with E-state index in [2.05, 4.69) is 4.98 Å². The zero-order valence-electron chi connectivity index (χ0n) is 9.54. The van der Waals surface area contributed by atoms with Crippen molar-refractivity contribution in [1.82, 2.24) is 9.29 Å². The van der Waals surface area contributed by atoms with Gasteiger partial charge in [0.25, 0.3) is 10.0 Å². The molecule has 0 aliphatic carbocycles. The second kappa shape index (κ2) is 5.66. The summed E-state index contributed by atoms with van der Waals surface area (Å²) < 4.78 is 26.1. The maximum Gasteiger partial charge on any atom is 0.252 e. The first kappa shape index (κ1) is 14.0. The molecule has 0 bridgehead atoms. The Bertz CT molecular complexity index is 607. The fourth-order valence-electron chi connectivity index (χ4n) is 1.35. The average molecular weight is 323 g/mol. The highest BCUT2D eigenvalue weighted by Gasteiger charge is 2.23. The molecule has 0 saturated carbocycles. The molecule has 0 aliphatic heterocycles. The lowest BCUT2D eigenvalue weighted by Crippen LogP contribution is -2.25. The smallest absolute Gasteiger partial charge is 0.248 e. The highest BCUT2D eigenvalue weighted by Crippen LogP contribution is 2.26. The van der Waals surface area contributed by atoms with E-state index >= 15 is 0 Å². The minimum Gasteiger partial charge on any atom is -0.248 e. The second-order valence-corrected chi connectivity index (χ2v) is 8.02. The molecule has 0 saturated heterocycles. The molecule has 0 radical (unpaired) electrons. The molecule has 4 nitrogen and oxygen atoms in total. The van der Waals surface area contributed by atoms with Crippen molar-refractivity contribution in [1.29, 1.82) is 0 Å². The Labute approximate surface area is 119 Å². The lowest BCUT2D eigenvalue weighted by Gasteiger charge is -2.14. The third-order valence-corrected chi connectivity index (χ3v) is 6.74. The van der Waals surface area contributed by atoms with Gasteiger partial charge in [0.2, 0.25) is 0 Å². The molecule has 0 N–H and O–H groups in total. The normalized spacial score (nSPS) is 12.2. The van der Waals surface area contributed by atoms with E-state index in [1.54, 1.807) is 24.7 Å². The molecule has 0 amide bonds. The quantitative estimate of drug-likeness (QED) is 0.795. The zero-order chi connectivity index (χ0) is 13.2. The molecule has 0 aromatic carbocycles. The van der Waals surface area contributed by atoms with Gasteiger partial charge < -0.3 is 0 Å². The van der Waals surface area contributed by atoms with Gasteiger partial charge in [0.1, 0.15) is 4.21 Å².